The molecule has 2 amide bonds. The zero-order chi connectivity index (χ0) is 14.6. The van der Waals surface area contributed by atoms with Crippen molar-refractivity contribution in [3.05, 3.63) is 23.2 Å². The quantitative estimate of drug-likeness (QED) is 0.793. The SMILES string of the molecule is CCC(=O)Nc1ccc(Cl)c(NC(=O)C(C)(C)N)c1. The Morgan fingerprint density at radius 1 is 1.32 bits per heavy atom. The number of halogens is 1. The standard InChI is InChI=1S/C13H18ClN3O2/c1-4-11(18)16-8-5-6-9(14)10(7-8)17-12(19)13(2,3)15/h5-7H,4,15H2,1-3H3,(H,16,18)(H,17,19). The fourth-order valence-electron chi connectivity index (χ4n) is 1.23. The molecule has 0 heterocycles. The number of nitrogens with two attached hydrogens (primary N) is 1. The number of rotatable bonds is 4. The molecule has 1 aromatic carbocycles. The van der Waals surface area contributed by atoms with Crippen LogP contribution in [0.3, 0.4) is 0 Å². The van der Waals surface area contributed by atoms with Crippen LogP contribution < -0.4 is 16.4 Å². The third-order valence-electron chi connectivity index (χ3n) is 2.40. The van der Waals surface area contributed by atoms with Crippen molar-refractivity contribution in [2.75, 3.05) is 10.6 Å². The van der Waals surface area contributed by atoms with E-state index >= 15 is 0 Å². The zero-order valence-electron chi connectivity index (χ0n) is 11.2. The maximum absolute atomic E-state index is 11.8. The molecule has 6 heteroatoms. The Hall–Kier alpha value is -1.59. The topological polar surface area (TPSA) is 84.2 Å². The summed E-state index contributed by atoms with van der Waals surface area (Å²) in [5.41, 5.74) is 5.67. The molecular weight excluding hydrogens is 266 g/mol. The molecule has 0 aliphatic carbocycles. The van der Waals surface area contributed by atoms with E-state index in [9.17, 15) is 9.59 Å². The first kappa shape index (κ1) is 15.5. The number of carbonyl (C=O) groups excluding carboxylic acids is 2. The lowest BCUT2D eigenvalue weighted by Gasteiger charge is -2.18. The Morgan fingerprint density at radius 3 is 2.47 bits per heavy atom. The van der Waals surface area contributed by atoms with Gasteiger partial charge >= 0.3 is 0 Å². The summed E-state index contributed by atoms with van der Waals surface area (Å²) in [6.07, 6.45) is 0.375. The van der Waals surface area contributed by atoms with Gasteiger partial charge in [-0.3, -0.25) is 9.59 Å². The highest BCUT2D eigenvalue weighted by molar-refractivity contribution is 6.34. The zero-order valence-corrected chi connectivity index (χ0v) is 12.0. The second-order valence-electron chi connectivity index (χ2n) is 4.77. The van der Waals surface area contributed by atoms with E-state index in [1.807, 2.05) is 0 Å². The lowest BCUT2D eigenvalue weighted by molar-refractivity contribution is -0.120. The number of hydrogen-bond donors (Lipinski definition) is 3. The van der Waals surface area contributed by atoms with Crippen molar-refractivity contribution >= 4 is 34.8 Å². The molecule has 0 saturated heterocycles. The average molecular weight is 284 g/mol. The van der Waals surface area contributed by atoms with Crippen molar-refractivity contribution in [2.24, 2.45) is 5.73 Å². The van der Waals surface area contributed by atoms with Crippen molar-refractivity contribution < 1.29 is 9.59 Å². The van der Waals surface area contributed by atoms with Gasteiger partial charge in [-0.25, -0.2) is 0 Å². The minimum atomic E-state index is -1.01. The van der Waals surface area contributed by atoms with Crippen molar-refractivity contribution in [2.45, 2.75) is 32.7 Å². The molecule has 5 nitrogen and oxygen atoms in total. The number of nitrogens with one attached hydrogen (secondary N) is 2. The summed E-state index contributed by atoms with van der Waals surface area (Å²) in [4.78, 5) is 23.1. The molecule has 0 fully saturated rings. The number of anilines is 2. The third kappa shape index (κ3) is 4.54. The maximum Gasteiger partial charge on any atom is 0.243 e. The Kier molecular flexibility index (Phi) is 4.91. The smallest absolute Gasteiger partial charge is 0.243 e. The van der Waals surface area contributed by atoms with E-state index in [2.05, 4.69) is 10.6 Å². The average Bonchev–Trinajstić information content (AvgIpc) is 2.32. The number of carbonyl (C=O) groups is 2. The van der Waals surface area contributed by atoms with Gasteiger partial charge in [-0.2, -0.15) is 0 Å². The molecule has 19 heavy (non-hydrogen) atoms. The second kappa shape index (κ2) is 6.04. The summed E-state index contributed by atoms with van der Waals surface area (Å²) < 4.78 is 0. The van der Waals surface area contributed by atoms with Crippen LogP contribution in [0.4, 0.5) is 11.4 Å². The van der Waals surface area contributed by atoms with Gasteiger partial charge < -0.3 is 16.4 Å². The Labute approximate surface area is 117 Å². The van der Waals surface area contributed by atoms with E-state index in [4.69, 9.17) is 17.3 Å². The molecule has 104 valence electrons. The van der Waals surface area contributed by atoms with Crippen LogP contribution in [0.25, 0.3) is 0 Å². The monoisotopic (exact) mass is 283 g/mol. The van der Waals surface area contributed by atoms with Crippen molar-refractivity contribution in [3.63, 3.8) is 0 Å². The molecule has 0 radical (unpaired) electrons. The van der Waals surface area contributed by atoms with Gasteiger partial charge in [-0.1, -0.05) is 18.5 Å². The van der Waals surface area contributed by atoms with Crippen LogP contribution >= 0.6 is 11.6 Å². The van der Waals surface area contributed by atoms with Gasteiger partial charge in [0.05, 0.1) is 16.2 Å². The fraction of sp³-hybridized carbons (Fsp3) is 0.385. The minimum absolute atomic E-state index is 0.112. The second-order valence-corrected chi connectivity index (χ2v) is 5.18. The summed E-state index contributed by atoms with van der Waals surface area (Å²) in [6, 6.07) is 4.87. The summed E-state index contributed by atoms with van der Waals surface area (Å²) in [5, 5.41) is 5.71. The normalized spacial score (nSPS) is 11.0. The molecule has 0 saturated carbocycles. The minimum Gasteiger partial charge on any atom is -0.326 e. The molecule has 0 atom stereocenters. The summed E-state index contributed by atoms with van der Waals surface area (Å²) >= 11 is 5.99. The summed E-state index contributed by atoms with van der Waals surface area (Å²) in [5.74, 6) is -0.466. The summed E-state index contributed by atoms with van der Waals surface area (Å²) in [6.45, 7) is 4.95. The Bertz CT molecular complexity index is 495. The van der Waals surface area contributed by atoms with Crippen molar-refractivity contribution in [1.82, 2.24) is 0 Å². The van der Waals surface area contributed by atoms with E-state index in [1.165, 1.54) is 0 Å². The van der Waals surface area contributed by atoms with E-state index in [0.29, 0.717) is 22.8 Å². The van der Waals surface area contributed by atoms with Gasteiger partial charge in [0.1, 0.15) is 0 Å². The van der Waals surface area contributed by atoms with Crippen LogP contribution in [0.5, 0.6) is 0 Å². The first-order valence-electron chi connectivity index (χ1n) is 5.93. The maximum atomic E-state index is 11.8. The van der Waals surface area contributed by atoms with Crippen LogP contribution in [0.2, 0.25) is 5.02 Å². The molecule has 0 spiro atoms. The fourth-order valence-corrected chi connectivity index (χ4v) is 1.40. The van der Waals surface area contributed by atoms with Gasteiger partial charge in [0.25, 0.3) is 0 Å². The van der Waals surface area contributed by atoms with Crippen LogP contribution in [0.1, 0.15) is 27.2 Å². The van der Waals surface area contributed by atoms with Gasteiger partial charge in [0.2, 0.25) is 11.8 Å². The van der Waals surface area contributed by atoms with Crippen LogP contribution in [0.15, 0.2) is 18.2 Å². The molecule has 0 bridgehead atoms. The number of amides is 2. The lowest BCUT2D eigenvalue weighted by Crippen LogP contribution is -2.45. The first-order chi connectivity index (χ1) is 8.74. The van der Waals surface area contributed by atoms with Crippen LogP contribution in [0, 0.1) is 0 Å². The molecule has 1 rings (SSSR count). The van der Waals surface area contributed by atoms with Gasteiger partial charge in [0, 0.05) is 12.1 Å². The number of hydrogen-bond acceptors (Lipinski definition) is 3. The van der Waals surface area contributed by atoms with Gasteiger partial charge in [-0.15, -0.1) is 0 Å². The predicted octanol–water partition coefficient (Wildman–Crippen LogP) is 2.36. The first-order valence-corrected chi connectivity index (χ1v) is 6.31. The molecular formula is C13H18ClN3O2. The highest BCUT2D eigenvalue weighted by atomic mass is 35.5. The van der Waals surface area contributed by atoms with Crippen LogP contribution in [-0.2, 0) is 9.59 Å². The van der Waals surface area contributed by atoms with Crippen LogP contribution in [-0.4, -0.2) is 17.4 Å². The highest BCUT2D eigenvalue weighted by Crippen LogP contribution is 2.26. The van der Waals surface area contributed by atoms with E-state index in [1.54, 1.807) is 39.0 Å². The van der Waals surface area contributed by atoms with Crippen molar-refractivity contribution in [3.8, 4) is 0 Å². The van der Waals surface area contributed by atoms with E-state index in [-0.39, 0.29) is 11.8 Å². The highest BCUT2D eigenvalue weighted by Gasteiger charge is 2.22. The predicted molar refractivity (Wildman–Crippen MR) is 77.3 cm³/mol. The van der Waals surface area contributed by atoms with E-state index in [0.717, 1.165) is 0 Å². The Morgan fingerprint density at radius 2 is 1.95 bits per heavy atom. The molecule has 4 N–H and O–H groups in total. The van der Waals surface area contributed by atoms with Gasteiger partial charge in [0.15, 0.2) is 0 Å². The largest absolute Gasteiger partial charge is 0.326 e. The molecule has 0 unspecified atom stereocenters. The van der Waals surface area contributed by atoms with E-state index < -0.39 is 5.54 Å². The lowest BCUT2D eigenvalue weighted by atomic mass is 10.1. The molecule has 0 aromatic heterocycles. The molecule has 1 aromatic rings. The third-order valence-corrected chi connectivity index (χ3v) is 2.73. The van der Waals surface area contributed by atoms with Gasteiger partial charge in [-0.05, 0) is 32.0 Å². The number of benzene rings is 1. The summed E-state index contributed by atoms with van der Waals surface area (Å²) in [7, 11) is 0. The van der Waals surface area contributed by atoms with Crippen molar-refractivity contribution in [1.29, 1.82) is 0 Å². The molecule has 0 aliphatic rings. The molecule has 0 aliphatic heterocycles. The Balaban J connectivity index is 2.92.